The Balaban J connectivity index is 1.23. The van der Waals surface area contributed by atoms with E-state index in [-0.39, 0.29) is 23.7 Å². The van der Waals surface area contributed by atoms with Gasteiger partial charge in [-0.2, -0.15) is 0 Å². The number of carbonyl (C=O) groups excluding carboxylic acids is 1. The number of amides is 1. The van der Waals surface area contributed by atoms with Gasteiger partial charge >= 0.3 is 0 Å². The average molecular weight is 595 g/mol. The van der Waals surface area contributed by atoms with Crippen molar-refractivity contribution in [3.05, 3.63) is 59.9 Å². The van der Waals surface area contributed by atoms with Crippen LogP contribution in [0.2, 0.25) is 0 Å². The predicted molar refractivity (Wildman–Crippen MR) is 166 cm³/mol. The zero-order chi connectivity index (χ0) is 30.3. The number of hydrogen-bond acceptors (Lipinski definition) is 6. The van der Waals surface area contributed by atoms with E-state index < -0.39 is 5.82 Å². The summed E-state index contributed by atoms with van der Waals surface area (Å²) >= 11 is 0. The number of piperidine rings is 1. The van der Waals surface area contributed by atoms with E-state index in [1.165, 1.54) is 26.0 Å². The molecule has 1 aliphatic heterocycles. The number of rotatable bonds is 7. The molecule has 3 fully saturated rings. The molecular formula is C34H35FN6O3. The Morgan fingerprint density at radius 1 is 1.00 bits per heavy atom. The van der Waals surface area contributed by atoms with E-state index in [0.29, 0.717) is 46.5 Å². The molecule has 2 saturated carbocycles. The molecule has 0 spiro atoms. The molecule has 3 unspecified atom stereocenters. The molecule has 2 bridgehead atoms. The molecule has 5 aromatic rings. The first kappa shape index (κ1) is 27.1. The number of fused-ring (bicyclic) bond motifs is 4. The molecule has 3 atom stereocenters. The van der Waals surface area contributed by atoms with Crippen LogP contribution in [-0.4, -0.2) is 62.8 Å². The van der Waals surface area contributed by atoms with Gasteiger partial charge in [-0.1, -0.05) is 0 Å². The van der Waals surface area contributed by atoms with Gasteiger partial charge in [-0.05, 0) is 86.1 Å². The molecule has 2 aromatic carbocycles. The second-order valence-electron chi connectivity index (χ2n) is 12.5. The molecule has 10 heteroatoms. The van der Waals surface area contributed by atoms with Crippen LogP contribution in [0, 0.1) is 17.7 Å². The monoisotopic (exact) mass is 594 g/mol. The van der Waals surface area contributed by atoms with Gasteiger partial charge in [-0.25, -0.2) is 14.4 Å². The van der Waals surface area contributed by atoms with Crippen LogP contribution in [0.1, 0.15) is 36.0 Å². The van der Waals surface area contributed by atoms with E-state index in [1.807, 2.05) is 46.8 Å². The molecule has 2 N–H and O–H groups in total. The fourth-order valence-electron chi connectivity index (χ4n) is 7.31. The summed E-state index contributed by atoms with van der Waals surface area (Å²) in [6.07, 6.45) is 4.39. The predicted octanol–water partition coefficient (Wildman–Crippen LogP) is 5.39. The maximum Gasteiger partial charge on any atom is 0.254 e. The van der Waals surface area contributed by atoms with Crippen molar-refractivity contribution in [2.45, 2.75) is 44.3 Å². The summed E-state index contributed by atoms with van der Waals surface area (Å²) in [7, 11) is 5.06. The lowest BCUT2D eigenvalue weighted by atomic mass is 10.1. The fourth-order valence-corrected chi connectivity index (χ4v) is 7.31. The van der Waals surface area contributed by atoms with Crippen molar-refractivity contribution >= 4 is 28.0 Å². The number of hydrogen-bond donors (Lipinski definition) is 1. The number of halogens is 1. The van der Waals surface area contributed by atoms with E-state index in [0.717, 1.165) is 47.5 Å². The van der Waals surface area contributed by atoms with Gasteiger partial charge in [0.1, 0.15) is 16.9 Å². The van der Waals surface area contributed by atoms with E-state index >= 15 is 0 Å². The third-order valence-electron chi connectivity index (χ3n) is 9.87. The average Bonchev–Trinajstić information content (AvgIpc) is 3.44. The second kappa shape index (κ2) is 10.1. The highest BCUT2D eigenvalue weighted by atomic mass is 19.1. The van der Waals surface area contributed by atoms with Crippen molar-refractivity contribution in [3.63, 3.8) is 0 Å². The van der Waals surface area contributed by atoms with Crippen molar-refractivity contribution in [2.24, 2.45) is 24.6 Å². The number of benzene rings is 2. The van der Waals surface area contributed by atoms with Gasteiger partial charge in [0.2, 0.25) is 0 Å². The maximum atomic E-state index is 14.6. The largest absolute Gasteiger partial charge is 0.494 e. The fraction of sp³-hybridized carbons (Fsp3) is 0.382. The van der Waals surface area contributed by atoms with E-state index in [2.05, 4.69) is 10.6 Å². The highest BCUT2D eigenvalue weighted by molar-refractivity contribution is 6.00. The van der Waals surface area contributed by atoms with Crippen molar-refractivity contribution in [2.75, 3.05) is 20.8 Å². The standard InChI is InChI=1S/C34H35FN6O3/c1-39-31-25(13-22(15-29(31)44-3)34(42)41-17-21-7-10-26(41)30(21)36)38-33(39)27-14-20-6-9-24(19-8-11-28(43-2)23(35)12-19)37-32(20)40(27)16-18-4-5-18/h6,8-9,11-15,18,21,26,30H,4-5,7,10,16-17,36H2,1-3H3. The Labute approximate surface area is 254 Å². The molecule has 8 rings (SSSR count). The highest BCUT2D eigenvalue weighted by Crippen LogP contribution is 2.40. The van der Waals surface area contributed by atoms with Crippen LogP contribution >= 0.6 is 0 Å². The Bertz CT molecular complexity index is 1960. The molecule has 1 saturated heterocycles. The lowest BCUT2D eigenvalue weighted by Gasteiger charge is -2.27. The van der Waals surface area contributed by atoms with Crippen molar-refractivity contribution < 1.29 is 18.7 Å². The van der Waals surface area contributed by atoms with Gasteiger partial charge in [0.05, 0.1) is 31.1 Å². The number of likely N-dealkylation sites (tertiary alicyclic amines) is 1. The molecular weight excluding hydrogens is 559 g/mol. The van der Waals surface area contributed by atoms with Crippen LogP contribution in [0.15, 0.2) is 48.5 Å². The van der Waals surface area contributed by atoms with Gasteiger partial charge in [0, 0.05) is 48.7 Å². The molecule has 4 heterocycles. The van der Waals surface area contributed by atoms with Crippen LogP contribution < -0.4 is 15.2 Å². The number of imidazole rings is 1. The van der Waals surface area contributed by atoms with Crippen LogP contribution in [0.4, 0.5) is 4.39 Å². The SMILES string of the molecule is COc1ccc(-c2ccc3cc(-c4nc5cc(C(=O)N6CC7CCC6C7N)cc(OC)c5n4C)n(CC4CC4)c3n2)cc1F. The Morgan fingerprint density at radius 3 is 2.50 bits per heavy atom. The van der Waals surface area contributed by atoms with Crippen LogP contribution in [0.25, 0.3) is 44.8 Å². The molecule has 226 valence electrons. The number of aryl methyl sites for hydroxylation is 1. The number of nitrogens with two attached hydrogens (primary N) is 1. The lowest BCUT2D eigenvalue weighted by Crippen LogP contribution is -2.41. The van der Waals surface area contributed by atoms with Crippen LogP contribution in [0.3, 0.4) is 0 Å². The minimum Gasteiger partial charge on any atom is -0.494 e. The van der Waals surface area contributed by atoms with Crippen molar-refractivity contribution in [3.8, 4) is 34.3 Å². The van der Waals surface area contributed by atoms with Gasteiger partial charge in [-0.3, -0.25) is 4.79 Å². The minimum absolute atomic E-state index is 0.0189. The smallest absolute Gasteiger partial charge is 0.254 e. The Hall–Kier alpha value is -4.44. The van der Waals surface area contributed by atoms with Crippen molar-refractivity contribution in [1.29, 1.82) is 0 Å². The zero-order valence-electron chi connectivity index (χ0n) is 25.1. The summed E-state index contributed by atoms with van der Waals surface area (Å²) in [5.41, 5.74) is 11.6. The number of methoxy groups -OCH3 is 2. The zero-order valence-corrected chi connectivity index (χ0v) is 25.1. The maximum absolute atomic E-state index is 14.6. The Kier molecular flexibility index (Phi) is 6.20. The van der Waals surface area contributed by atoms with Crippen molar-refractivity contribution in [1.82, 2.24) is 24.0 Å². The summed E-state index contributed by atoms with van der Waals surface area (Å²) in [6.45, 7) is 1.52. The summed E-state index contributed by atoms with van der Waals surface area (Å²) in [4.78, 5) is 25.8. The molecule has 0 radical (unpaired) electrons. The lowest BCUT2D eigenvalue weighted by molar-refractivity contribution is 0.0700. The minimum atomic E-state index is -0.424. The van der Waals surface area contributed by atoms with Crippen LogP contribution in [-0.2, 0) is 13.6 Å². The molecule has 3 aromatic heterocycles. The second-order valence-corrected chi connectivity index (χ2v) is 12.5. The quantitative estimate of drug-likeness (QED) is 0.272. The summed E-state index contributed by atoms with van der Waals surface area (Å²) in [5.74, 6) is 2.08. The molecule has 44 heavy (non-hydrogen) atoms. The third-order valence-corrected chi connectivity index (χ3v) is 9.87. The summed E-state index contributed by atoms with van der Waals surface area (Å²) in [6, 6.07) is 14.8. The van der Waals surface area contributed by atoms with Gasteiger partial charge in [-0.15, -0.1) is 0 Å². The van der Waals surface area contributed by atoms with Gasteiger partial charge in [0.25, 0.3) is 5.91 Å². The number of aromatic nitrogens is 4. The first-order valence-electron chi connectivity index (χ1n) is 15.3. The number of nitrogens with zero attached hydrogens (tertiary/aromatic N) is 5. The van der Waals surface area contributed by atoms with E-state index in [4.69, 9.17) is 25.2 Å². The van der Waals surface area contributed by atoms with Gasteiger partial charge in [0.15, 0.2) is 17.4 Å². The first-order chi connectivity index (χ1) is 21.3. The number of ether oxygens (including phenoxy) is 2. The van der Waals surface area contributed by atoms with Crippen LogP contribution in [0.5, 0.6) is 11.5 Å². The van der Waals surface area contributed by atoms with Gasteiger partial charge < -0.3 is 29.2 Å². The third kappa shape index (κ3) is 4.18. The normalized spacial score (nSPS) is 21.1. The molecule has 3 aliphatic rings. The number of pyridine rings is 1. The topological polar surface area (TPSA) is 100 Å². The first-order valence-corrected chi connectivity index (χ1v) is 15.3. The summed E-state index contributed by atoms with van der Waals surface area (Å²) < 4.78 is 29.8. The molecule has 1 amide bonds. The summed E-state index contributed by atoms with van der Waals surface area (Å²) in [5, 5.41) is 0.980. The van der Waals surface area contributed by atoms with E-state index in [9.17, 15) is 9.18 Å². The van der Waals surface area contributed by atoms with E-state index in [1.54, 1.807) is 13.2 Å². The molecule has 2 aliphatic carbocycles. The molecule has 9 nitrogen and oxygen atoms in total. The highest BCUT2D eigenvalue weighted by Gasteiger charge is 2.47. The Morgan fingerprint density at radius 2 is 1.82 bits per heavy atom. The number of carbonyl (C=O) groups is 1.